The first kappa shape index (κ1) is 20.8. The highest BCUT2D eigenvalue weighted by Gasteiger charge is 2.57. The maximum Gasteiger partial charge on any atom is 0.245 e. The highest BCUT2D eigenvalue weighted by atomic mass is 35.5. The number of piperazine rings is 1. The zero-order valence-corrected chi connectivity index (χ0v) is 19.5. The van der Waals surface area contributed by atoms with Gasteiger partial charge < -0.3 is 14.7 Å². The van der Waals surface area contributed by atoms with Crippen LogP contribution < -0.4 is 4.90 Å². The van der Waals surface area contributed by atoms with Crippen LogP contribution in [0.5, 0.6) is 0 Å². The lowest BCUT2D eigenvalue weighted by atomic mass is 9.49. The third kappa shape index (κ3) is 3.49. The standard InChI is InChI=1S/C25H33ClN4O2/c26-20-3-4-22(27-16-20)28-6-8-29(9-7-28)23(31)21-2-1-5-30(21)24(32)25-13-17-10-18(14-25)12-19(11-17)15-25/h3-4,16-19,21H,1-2,5-15H2. The van der Waals surface area contributed by atoms with Crippen molar-refractivity contribution in [3.8, 4) is 0 Å². The summed E-state index contributed by atoms with van der Waals surface area (Å²) < 4.78 is 0. The Morgan fingerprint density at radius 3 is 2.19 bits per heavy atom. The Bertz CT molecular complexity index is 860. The van der Waals surface area contributed by atoms with Gasteiger partial charge in [-0.15, -0.1) is 0 Å². The molecule has 0 N–H and O–H groups in total. The minimum Gasteiger partial charge on any atom is -0.353 e. The molecule has 4 aliphatic carbocycles. The third-order valence-electron chi connectivity index (χ3n) is 8.92. The first-order valence-electron chi connectivity index (χ1n) is 12.5. The summed E-state index contributed by atoms with van der Waals surface area (Å²) in [7, 11) is 0. The molecule has 2 saturated heterocycles. The Morgan fingerprint density at radius 1 is 0.938 bits per heavy atom. The van der Waals surface area contributed by atoms with Gasteiger partial charge in [-0.05, 0) is 81.3 Å². The van der Waals surface area contributed by atoms with Crippen LogP contribution in [-0.4, -0.2) is 65.4 Å². The van der Waals surface area contributed by atoms with Crippen molar-refractivity contribution in [3.63, 3.8) is 0 Å². The topological polar surface area (TPSA) is 56.8 Å². The zero-order chi connectivity index (χ0) is 21.9. The minimum atomic E-state index is -0.254. The molecule has 4 bridgehead atoms. The van der Waals surface area contributed by atoms with Crippen molar-refractivity contribution >= 4 is 29.2 Å². The van der Waals surface area contributed by atoms with Crippen LogP contribution in [0.2, 0.25) is 5.02 Å². The van der Waals surface area contributed by atoms with Crippen molar-refractivity contribution in [1.29, 1.82) is 0 Å². The van der Waals surface area contributed by atoms with Gasteiger partial charge in [0.25, 0.3) is 0 Å². The van der Waals surface area contributed by atoms with Crippen LogP contribution in [0.15, 0.2) is 18.3 Å². The molecule has 172 valence electrons. The fourth-order valence-electron chi connectivity index (χ4n) is 7.87. The maximum absolute atomic E-state index is 13.9. The van der Waals surface area contributed by atoms with E-state index in [1.54, 1.807) is 6.20 Å². The van der Waals surface area contributed by atoms with Crippen LogP contribution in [-0.2, 0) is 9.59 Å². The number of halogens is 1. The molecule has 1 atom stereocenters. The van der Waals surface area contributed by atoms with Crippen molar-refractivity contribution in [2.24, 2.45) is 23.2 Å². The van der Waals surface area contributed by atoms with Crippen molar-refractivity contribution in [3.05, 3.63) is 23.4 Å². The third-order valence-corrected chi connectivity index (χ3v) is 9.14. The van der Waals surface area contributed by atoms with E-state index < -0.39 is 0 Å². The van der Waals surface area contributed by atoms with Crippen LogP contribution in [0.1, 0.15) is 51.4 Å². The van der Waals surface area contributed by atoms with E-state index in [0.717, 1.165) is 75.3 Å². The van der Waals surface area contributed by atoms with Gasteiger partial charge in [0.1, 0.15) is 11.9 Å². The van der Waals surface area contributed by atoms with Crippen LogP contribution in [0.4, 0.5) is 5.82 Å². The average molecular weight is 457 g/mol. The predicted molar refractivity (Wildman–Crippen MR) is 123 cm³/mol. The molecule has 4 saturated carbocycles. The van der Waals surface area contributed by atoms with Gasteiger partial charge in [-0.2, -0.15) is 0 Å². The molecule has 2 aliphatic heterocycles. The Kier molecular flexibility index (Phi) is 5.12. The molecular formula is C25H33ClN4O2. The largest absolute Gasteiger partial charge is 0.353 e. The fourth-order valence-corrected chi connectivity index (χ4v) is 7.98. The Balaban J connectivity index is 1.12. The molecule has 0 radical (unpaired) electrons. The molecule has 7 rings (SSSR count). The van der Waals surface area contributed by atoms with Crippen molar-refractivity contribution in [1.82, 2.24) is 14.8 Å². The van der Waals surface area contributed by atoms with Gasteiger partial charge >= 0.3 is 0 Å². The van der Waals surface area contributed by atoms with Gasteiger partial charge in [-0.1, -0.05) is 11.6 Å². The number of carbonyl (C=O) groups excluding carboxylic acids is 2. The van der Waals surface area contributed by atoms with Crippen LogP contribution in [0, 0.1) is 23.2 Å². The van der Waals surface area contributed by atoms with Crippen LogP contribution in [0.25, 0.3) is 0 Å². The Hall–Kier alpha value is -1.82. The van der Waals surface area contributed by atoms with E-state index in [1.807, 2.05) is 21.9 Å². The van der Waals surface area contributed by atoms with Crippen molar-refractivity contribution in [2.45, 2.75) is 57.4 Å². The minimum absolute atomic E-state index is 0.156. The highest BCUT2D eigenvalue weighted by molar-refractivity contribution is 6.30. The number of anilines is 1. The molecule has 0 spiro atoms. The first-order chi connectivity index (χ1) is 15.5. The summed E-state index contributed by atoms with van der Waals surface area (Å²) in [5.41, 5.74) is -0.156. The number of rotatable bonds is 3. The molecule has 32 heavy (non-hydrogen) atoms. The van der Waals surface area contributed by atoms with Gasteiger partial charge in [0.2, 0.25) is 11.8 Å². The van der Waals surface area contributed by atoms with E-state index in [0.29, 0.717) is 24.0 Å². The number of aromatic nitrogens is 1. The number of amides is 2. The molecule has 7 heteroatoms. The maximum atomic E-state index is 13.9. The van der Waals surface area contributed by atoms with Gasteiger partial charge in [-0.25, -0.2) is 4.98 Å². The molecule has 1 aromatic heterocycles. The Labute approximate surface area is 195 Å². The molecule has 1 unspecified atom stereocenters. The van der Waals surface area contributed by atoms with Crippen LogP contribution >= 0.6 is 11.6 Å². The smallest absolute Gasteiger partial charge is 0.245 e. The lowest BCUT2D eigenvalue weighted by molar-refractivity contribution is -0.162. The quantitative estimate of drug-likeness (QED) is 0.697. The summed E-state index contributed by atoms with van der Waals surface area (Å²) in [6, 6.07) is 3.53. The summed E-state index contributed by atoms with van der Waals surface area (Å²) in [6.45, 7) is 3.63. The number of hydrogen-bond acceptors (Lipinski definition) is 4. The highest BCUT2D eigenvalue weighted by Crippen LogP contribution is 2.60. The summed E-state index contributed by atoms with van der Waals surface area (Å²) in [4.78, 5) is 38.0. The zero-order valence-electron chi connectivity index (χ0n) is 18.7. The van der Waals surface area contributed by atoms with E-state index in [2.05, 4.69) is 9.88 Å². The number of carbonyl (C=O) groups is 2. The van der Waals surface area contributed by atoms with E-state index in [4.69, 9.17) is 11.6 Å². The summed E-state index contributed by atoms with van der Waals surface area (Å²) in [6.07, 6.45) is 10.6. The molecule has 3 heterocycles. The van der Waals surface area contributed by atoms with E-state index in [1.165, 1.54) is 19.3 Å². The van der Waals surface area contributed by atoms with Gasteiger partial charge in [0, 0.05) is 38.9 Å². The van der Waals surface area contributed by atoms with Crippen LogP contribution in [0.3, 0.4) is 0 Å². The molecule has 6 aliphatic rings. The summed E-state index contributed by atoms with van der Waals surface area (Å²) in [5.74, 6) is 3.62. The van der Waals surface area contributed by atoms with E-state index in [-0.39, 0.29) is 17.4 Å². The molecule has 1 aromatic rings. The van der Waals surface area contributed by atoms with Gasteiger partial charge in [0.05, 0.1) is 10.4 Å². The normalized spacial score (nSPS) is 36.1. The van der Waals surface area contributed by atoms with E-state index >= 15 is 0 Å². The number of hydrogen-bond donors (Lipinski definition) is 0. The molecule has 6 fully saturated rings. The number of nitrogens with zero attached hydrogens (tertiary/aromatic N) is 4. The lowest BCUT2D eigenvalue weighted by Crippen LogP contribution is -2.59. The van der Waals surface area contributed by atoms with Gasteiger partial charge in [-0.3, -0.25) is 9.59 Å². The summed E-state index contributed by atoms with van der Waals surface area (Å²) >= 11 is 5.96. The fraction of sp³-hybridized carbons (Fsp3) is 0.720. The molecular weight excluding hydrogens is 424 g/mol. The average Bonchev–Trinajstić information content (AvgIpc) is 3.27. The number of likely N-dealkylation sites (tertiary alicyclic amines) is 1. The molecule has 2 amide bonds. The lowest BCUT2D eigenvalue weighted by Gasteiger charge is -2.56. The summed E-state index contributed by atoms with van der Waals surface area (Å²) in [5, 5.41) is 0.632. The monoisotopic (exact) mass is 456 g/mol. The van der Waals surface area contributed by atoms with Gasteiger partial charge in [0.15, 0.2) is 0 Å². The van der Waals surface area contributed by atoms with Crippen molar-refractivity contribution in [2.75, 3.05) is 37.6 Å². The number of pyridine rings is 1. The van der Waals surface area contributed by atoms with E-state index in [9.17, 15) is 9.59 Å². The molecule has 6 nitrogen and oxygen atoms in total. The first-order valence-corrected chi connectivity index (χ1v) is 12.8. The second-order valence-corrected chi connectivity index (χ2v) is 11.4. The van der Waals surface area contributed by atoms with Crippen molar-refractivity contribution < 1.29 is 9.59 Å². The molecule has 0 aromatic carbocycles. The second kappa shape index (κ2) is 7.89. The SMILES string of the molecule is O=C(C1CCCN1C(=O)C12CC3CC(CC(C3)C1)C2)N1CCN(c2ccc(Cl)cn2)CC1. The predicted octanol–water partition coefficient (Wildman–Crippen LogP) is 3.59. The second-order valence-electron chi connectivity index (χ2n) is 11.0. The Morgan fingerprint density at radius 2 is 1.59 bits per heavy atom.